The smallest absolute Gasteiger partial charge is 0.327 e. The highest BCUT2D eigenvalue weighted by Gasteiger charge is 2.38. The molecule has 0 bridgehead atoms. The molecule has 0 radical (unpaired) electrons. The number of aliphatic carboxylic acids is 1. The number of benzene rings is 1. The molecule has 1 aromatic carbocycles. The lowest BCUT2D eigenvalue weighted by molar-refractivity contribution is -0.387. The number of hydrogen-bond acceptors (Lipinski definition) is 5. The summed E-state index contributed by atoms with van der Waals surface area (Å²) in [5.41, 5.74) is -2.16. The van der Waals surface area contributed by atoms with E-state index in [0.717, 1.165) is 16.7 Å². The monoisotopic (exact) mass is 318 g/mol. The average Bonchev–Trinajstić information content (AvgIpc) is 2.87. The van der Waals surface area contributed by atoms with Crippen molar-refractivity contribution in [2.45, 2.75) is 6.04 Å². The standard InChI is InChI=1S/C11H8F2N2O5S/c12-5-1-2-6(15(19)20)9(13)8(5)10(16)14-4-21-3-7(14)11(17)18/h1-2,7H,3-4H2,(H,17,18). The van der Waals surface area contributed by atoms with Crippen molar-refractivity contribution >= 4 is 29.3 Å². The maximum atomic E-state index is 13.9. The van der Waals surface area contributed by atoms with Crippen molar-refractivity contribution in [3.63, 3.8) is 0 Å². The van der Waals surface area contributed by atoms with Gasteiger partial charge in [0.05, 0.1) is 10.8 Å². The van der Waals surface area contributed by atoms with Crippen LogP contribution in [0.1, 0.15) is 10.4 Å². The van der Waals surface area contributed by atoms with Crippen LogP contribution in [0.15, 0.2) is 12.1 Å². The summed E-state index contributed by atoms with van der Waals surface area (Å²) < 4.78 is 27.6. The molecule has 10 heteroatoms. The fourth-order valence-electron chi connectivity index (χ4n) is 1.87. The SMILES string of the molecule is O=C(O)C1CSCN1C(=O)c1c(F)ccc([N+](=O)[O-])c1F. The molecular weight excluding hydrogens is 310 g/mol. The van der Waals surface area contributed by atoms with E-state index in [9.17, 15) is 28.5 Å². The molecule has 0 aromatic heterocycles. The zero-order valence-electron chi connectivity index (χ0n) is 10.3. The predicted octanol–water partition coefficient (Wildman–Crippen LogP) is 1.47. The number of carboxylic acids is 1. The molecule has 0 saturated carbocycles. The number of hydrogen-bond donors (Lipinski definition) is 1. The third-order valence-electron chi connectivity index (χ3n) is 2.91. The molecule has 1 aromatic rings. The fraction of sp³-hybridized carbons (Fsp3) is 0.273. The highest BCUT2D eigenvalue weighted by Crippen LogP contribution is 2.28. The number of carbonyl (C=O) groups is 2. The molecule has 112 valence electrons. The first kappa shape index (κ1) is 15.2. The molecule has 0 aliphatic carbocycles. The van der Waals surface area contributed by atoms with Crippen LogP contribution >= 0.6 is 11.8 Å². The van der Waals surface area contributed by atoms with Crippen molar-refractivity contribution < 1.29 is 28.4 Å². The van der Waals surface area contributed by atoms with E-state index in [1.807, 2.05) is 0 Å². The predicted molar refractivity (Wildman–Crippen MR) is 67.9 cm³/mol. The number of thioether (sulfide) groups is 1. The molecule has 2 rings (SSSR count). The van der Waals surface area contributed by atoms with E-state index in [1.165, 1.54) is 0 Å². The second kappa shape index (κ2) is 5.64. The van der Waals surface area contributed by atoms with Gasteiger partial charge in [-0.15, -0.1) is 11.8 Å². The van der Waals surface area contributed by atoms with Crippen LogP contribution in [0.4, 0.5) is 14.5 Å². The van der Waals surface area contributed by atoms with Gasteiger partial charge in [-0.2, -0.15) is 4.39 Å². The van der Waals surface area contributed by atoms with Gasteiger partial charge in [0.1, 0.15) is 17.4 Å². The van der Waals surface area contributed by atoms with Crippen LogP contribution < -0.4 is 0 Å². The normalized spacial score (nSPS) is 17.8. The summed E-state index contributed by atoms with van der Waals surface area (Å²) in [6, 6.07) is -0.0111. The number of nitrogens with zero attached hydrogens (tertiary/aromatic N) is 2. The Balaban J connectivity index is 2.46. The van der Waals surface area contributed by atoms with Crippen molar-refractivity contribution in [2.24, 2.45) is 0 Å². The largest absolute Gasteiger partial charge is 0.480 e. The minimum Gasteiger partial charge on any atom is -0.480 e. The second-order valence-electron chi connectivity index (χ2n) is 4.14. The van der Waals surface area contributed by atoms with Crippen molar-refractivity contribution in [1.29, 1.82) is 0 Å². The Bertz CT molecular complexity index is 639. The van der Waals surface area contributed by atoms with E-state index in [0.29, 0.717) is 12.1 Å². The van der Waals surface area contributed by atoms with Gasteiger partial charge in [0.15, 0.2) is 0 Å². The zero-order chi connectivity index (χ0) is 15.7. The number of halogens is 2. The maximum absolute atomic E-state index is 13.9. The van der Waals surface area contributed by atoms with Crippen LogP contribution in [0.25, 0.3) is 0 Å². The van der Waals surface area contributed by atoms with Gasteiger partial charge in [0, 0.05) is 11.8 Å². The van der Waals surface area contributed by atoms with Crippen LogP contribution in [0.2, 0.25) is 0 Å². The number of carbonyl (C=O) groups excluding carboxylic acids is 1. The summed E-state index contributed by atoms with van der Waals surface area (Å²) in [7, 11) is 0. The van der Waals surface area contributed by atoms with Gasteiger partial charge in [-0.3, -0.25) is 14.9 Å². The van der Waals surface area contributed by atoms with Gasteiger partial charge in [-0.1, -0.05) is 0 Å². The first-order valence-corrected chi connectivity index (χ1v) is 6.74. The van der Waals surface area contributed by atoms with Crippen molar-refractivity contribution in [3.05, 3.63) is 39.4 Å². The van der Waals surface area contributed by atoms with E-state index in [2.05, 4.69) is 0 Å². The first-order valence-electron chi connectivity index (χ1n) is 5.58. The summed E-state index contributed by atoms with van der Waals surface area (Å²) in [5, 5.41) is 19.6. The number of carboxylic acid groups (broad SMARTS) is 1. The van der Waals surface area contributed by atoms with Crippen LogP contribution in [0.3, 0.4) is 0 Å². The molecule has 1 N–H and O–H groups in total. The lowest BCUT2D eigenvalue weighted by Crippen LogP contribution is -2.42. The summed E-state index contributed by atoms with van der Waals surface area (Å²) in [6.45, 7) is 0. The van der Waals surface area contributed by atoms with E-state index < -0.39 is 45.7 Å². The van der Waals surface area contributed by atoms with Crippen LogP contribution in [0.5, 0.6) is 0 Å². The molecule has 1 atom stereocenters. The number of nitro benzene ring substituents is 1. The first-order chi connectivity index (χ1) is 9.84. The zero-order valence-corrected chi connectivity index (χ0v) is 11.1. The van der Waals surface area contributed by atoms with E-state index in [1.54, 1.807) is 0 Å². The van der Waals surface area contributed by atoms with Gasteiger partial charge >= 0.3 is 11.7 Å². The van der Waals surface area contributed by atoms with Crippen LogP contribution in [-0.4, -0.2) is 44.5 Å². The van der Waals surface area contributed by atoms with E-state index in [-0.39, 0.29) is 11.6 Å². The molecular formula is C11H8F2N2O5S. The van der Waals surface area contributed by atoms with Gasteiger partial charge in [0.2, 0.25) is 5.82 Å². The number of nitro groups is 1. The lowest BCUT2D eigenvalue weighted by atomic mass is 10.1. The molecule has 21 heavy (non-hydrogen) atoms. The summed E-state index contributed by atoms with van der Waals surface area (Å²) in [4.78, 5) is 33.4. The van der Waals surface area contributed by atoms with Gasteiger partial charge < -0.3 is 10.0 Å². The molecule has 1 heterocycles. The Morgan fingerprint density at radius 1 is 1.43 bits per heavy atom. The molecule has 1 aliphatic rings. The highest BCUT2D eigenvalue weighted by molar-refractivity contribution is 7.99. The van der Waals surface area contributed by atoms with Crippen molar-refractivity contribution in [2.75, 3.05) is 11.6 Å². The number of rotatable bonds is 3. The molecule has 1 saturated heterocycles. The third-order valence-corrected chi connectivity index (χ3v) is 3.92. The third kappa shape index (κ3) is 2.66. The number of amides is 1. The Labute approximate surface area is 120 Å². The van der Waals surface area contributed by atoms with Crippen molar-refractivity contribution in [3.8, 4) is 0 Å². The molecule has 1 amide bonds. The molecule has 0 spiro atoms. The molecule has 7 nitrogen and oxygen atoms in total. The molecule has 1 unspecified atom stereocenters. The quantitative estimate of drug-likeness (QED) is 0.669. The lowest BCUT2D eigenvalue weighted by Gasteiger charge is -2.20. The highest BCUT2D eigenvalue weighted by atomic mass is 32.2. The Hall–Kier alpha value is -2.23. The average molecular weight is 318 g/mol. The van der Waals surface area contributed by atoms with Gasteiger partial charge in [0.25, 0.3) is 5.91 Å². The van der Waals surface area contributed by atoms with E-state index >= 15 is 0 Å². The molecule has 1 aliphatic heterocycles. The summed E-state index contributed by atoms with van der Waals surface area (Å²) >= 11 is 1.11. The Morgan fingerprint density at radius 2 is 2.10 bits per heavy atom. The minimum atomic E-state index is -1.61. The Morgan fingerprint density at radius 3 is 2.67 bits per heavy atom. The maximum Gasteiger partial charge on any atom is 0.327 e. The molecule has 1 fully saturated rings. The van der Waals surface area contributed by atoms with Crippen LogP contribution in [0, 0.1) is 21.7 Å². The fourth-order valence-corrected chi connectivity index (χ4v) is 3.01. The van der Waals surface area contributed by atoms with Gasteiger partial charge in [-0.05, 0) is 6.07 Å². The topological polar surface area (TPSA) is 101 Å². The summed E-state index contributed by atoms with van der Waals surface area (Å²) in [6.07, 6.45) is 0. The minimum absolute atomic E-state index is 0.0582. The van der Waals surface area contributed by atoms with Crippen LogP contribution in [-0.2, 0) is 4.79 Å². The van der Waals surface area contributed by atoms with Gasteiger partial charge in [-0.25, -0.2) is 9.18 Å². The second-order valence-corrected chi connectivity index (χ2v) is 5.14. The van der Waals surface area contributed by atoms with E-state index in [4.69, 9.17) is 5.11 Å². The summed E-state index contributed by atoms with van der Waals surface area (Å²) in [5.74, 6) is -5.38. The Kier molecular flexibility index (Phi) is 4.07. The van der Waals surface area contributed by atoms with Crippen molar-refractivity contribution in [1.82, 2.24) is 4.90 Å².